The van der Waals surface area contributed by atoms with Crippen molar-refractivity contribution in [3.63, 3.8) is 0 Å². The first kappa shape index (κ1) is 13.7. The maximum Gasteiger partial charge on any atom is 0.137 e. The maximum absolute atomic E-state index is 6.37. The number of rotatable bonds is 6. The summed E-state index contributed by atoms with van der Waals surface area (Å²) in [5, 5.41) is 3.87. The highest BCUT2D eigenvalue weighted by Crippen LogP contribution is 2.53. The van der Waals surface area contributed by atoms with E-state index in [2.05, 4.69) is 5.32 Å². The van der Waals surface area contributed by atoms with E-state index in [1.807, 2.05) is 32.2 Å². The van der Waals surface area contributed by atoms with Crippen LogP contribution in [-0.4, -0.2) is 20.2 Å². The van der Waals surface area contributed by atoms with Crippen molar-refractivity contribution in [1.29, 1.82) is 0 Å². The third-order valence-corrected chi connectivity index (χ3v) is 3.99. The average molecular weight is 269 g/mol. The van der Waals surface area contributed by atoms with E-state index in [1.54, 1.807) is 0 Å². The van der Waals surface area contributed by atoms with Crippen molar-refractivity contribution in [3.05, 3.63) is 28.8 Å². The number of benzene rings is 1. The molecule has 1 fully saturated rings. The molecule has 0 aromatic heterocycles. The first-order valence-corrected chi connectivity index (χ1v) is 6.83. The Kier molecular flexibility index (Phi) is 4.15. The van der Waals surface area contributed by atoms with Gasteiger partial charge in [0.25, 0.3) is 0 Å². The molecule has 1 saturated carbocycles. The summed E-state index contributed by atoms with van der Waals surface area (Å²) in [5.41, 5.74) is 7.68. The molecule has 0 aliphatic heterocycles. The Balaban J connectivity index is 2.16. The summed E-state index contributed by atoms with van der Waals surface area (Å²) >= 11 is 6.20. The van der Waals surface area contributed by atoms with Crippen LogP contribution in [0, 0.1) is 5.41 Å². The molecule has 1 unspecified atom stereocenters. The van der Waals surface area contributed by atoms with Crippen molar-refractivity contribution >= 4 is 11.6 Å². The third-order valence-electron chi connectivity index (χ3n) is 3.70. The molecule has 0 heterocycles. The van der Waals surface area contributed by atoms with Crippen molar-refractivity contribution in [1.82, 2.24) is 5.32 Å². The molecule has 18 heavy (non-hydrogen) atoms. The summed E-state index contributed by atoms with van der Waals surface area (Å²) in [4.78, 5) is 0. The Morgan fingerprint density at radius 1 is 1.50 bits per heavy atom. The second kappa shape index (κ2) is 5.47. The number of halogens is 1. The van der Waals surface area contributed by atoms with Crippen LogP contribution in [0.15, 0.2) is 18.2 Å². The van der Waals surface area contributed by atoms with E-state index < -0.39 is 0 Å². The molecule has 0 spiro atoms. The van der Waals surface area contributed by atoms with Gasteiger partial charge < -0.3 is 15.8 Å². The standard InChI is InChI=1S/C14H21ClN2O/c1-3-18-12-5-4-10(8-11(12)15)13(16)14(6-7-14)9-17-2/h4-5,8,13,17H,3,6-7,9,16H2,1-2H3. The lowest BCUT2D eigenvalue weighted by Crippen LogP contribution is -2.31. The topological polar surface area (TPSA) is 47.3 Å². The van der Waals surface area contributed by atoms with E-state index in [0.717, 1.165) is 17.9 Å². The minimum absolute atomic E-state index is 0.0399. The van der Waals surface area contributed by atoms with Crippen molar-refractivity contribution in [2.75, 3.05) is 20.2 Å². The molecule has 1 aliphatic rings. The van der Waals surface area contributed by atoms with E-state index in [1.165, 1.54) is 12.8 Å². The van der Waals surface area contributed by atoms with Gasteiger partial charge in [-0.3, -0.25) is 0 Å². The third kappa shape index (κ3) is 2.63. The number of ether oxygens (including phenoxy) is 1. The molecule has 1 atom stereocenters. The van der Waals surface area contributed by atoms with Gasteiger partial charge in [0.15, 0.2) is 0 Å². The van der Waals surface area contributed by atoms with Crippen LogP contribution in [0.3, 0.4) is 0 Å². The van der Waals surface area contributed by atoms with E-state index in [-0.39, 0.29) is 11.5 Å². The zero-order valence-corrected chi connectivity index (χ0v) is 11.8. The summed E-state index contributed by atoms with van der Waals surface area (Å²) in [7, 11) is 1.97. The summed E-state index contributed by atoms with van der Waals surface area (Å²) < 4.78 is 5.44. The van der Waals surface area contributed by atoms with Gasteiger partial charge in [0.2, 0.25) is 0 Å². The highest BCUT2D eigenvalue weighted by Gasteiger charge is 2.47. The van der Waals surface area contributed by atoms with Gasteiger partial charge in [0.1, 0.15) is 5.75 Å². The zero-order valence-electron chi connectivity index (χ0n) is 11.0. The summed E-state index contributed by atoms with van der Waals surface area (Å²) in [5.74, 6) is 0.730. The predicted molar refractivity (Wildman–Crippen MR) is 75.1 cm³/mol. The minimum Gasteiger partial charge on any atom is -0.492 e. The molecule has 100 valence electrons. The molecular formula is C14H21ClN2O. The molecule has 2 rings (SSSR count). The molecule has 0 amide bonds. The van der Waals surface area contributed by atoms with E-state index in [4.69, 9.17) is 22.1 Å². The Hall–Kier alpha value is -0.770. The van der Waals surface area contributed by atoms with Crippen molar-refractivity contribution in [2.24, 2.45) is 11.1 Å². The van der Waals surface area contributed by atoms with Gasteiger partial charge in [0.05, 0.1) is 11.6 Å². The fourth-order valence-electron chi connectivity index (χ4n) is 2.45. The lowest BCUT2D eigenvalue weighted by Gasteiger charge is -2.24. The first-order valence-electron chi connectivity index (χ1n) is 6.45. The quantitative estimate of drug-likeness (QED) is 0.834. The lowest BCUT2D eigenvalue weighted by molar-refractivity contribution is 0.339. The van der Waals surface area contributed by atoms with Gasteiger partial charge in [-0.05, 0) is 44.5 Å². The maximum atomic E-state index is 6.37. The predicted octanol–water partition coefficient (Wildman–Crippen LogP) is 2.74. The second-order valence-corrected chi connectivity index (χ2v) is 5.40. The summed E-state index contributed by atoms with van der Waals surface area (Å²) in [6.45, 7) is 3.52. The van der Waals surface area contributed by atoms with E-state index in [0.29, 0.717) is 11.6 Å². The van der Waals surface area contributed by atoms with Gasteiger partial charge in [0, 0.05) is 18.0 Å². The average Bonchev–Trinajstić information content (AvgIpc) is 3.12. The van der Waals surface area contributed by atoms with E-state index >= 15 is 0 Å². The van der Waals surface area contributed by atoms with Crippen LogP contribution >= 0.6 is 11.6 Å². The molecular weight excluding hydrogens is 248 g/mol. The van der Waals surface area contributed by atoms with Gasteiger partial charge in [-0.2, -0.15) is 0 Å². The van der Waals surface area contributed by atoms with Gasteiger partial charge in [-0.1, -0.05) is 17.7 Å². The van der Waals surface area contributed by atoms with Crippen molar-refractivity contribution < 1.29 is 4.74 Å². The fourth-order valence-corrected chi connectivity index (χ4v) is 2.69. The molecule has 4 heteroatoms. The summed E-state index contributed by atoms with van der Waals surface area (Å²) in [6, 6.07) is 5.92. The minimum atomic E-state index is 0.0399. The molecule has 0 radical (unpaired) electrons. The van der Waals surface area contributed by atoms with Crippen LogP contribution in [0.25, 0.3) is 0 Å². The number of hydrogen-bond donors (Lipinski definition) is 2. The van der Waals surface area contributed by atoms with Crippen LogP contribution < -0.4 is 15.8 Å². The molecule has 3 N–H and O–H groups in total. The van der Waals surface area contributed by atoms with Crippen molar-refractivity contribution in [2.45, 2.75) is 25.8 Å². The van der Waals surface area contributed by atoms with Crippen LogP contribution in [-0.2, 0) is 0 Å². The van der Waals surface area contributed by atoms with E-state index in [9.17, 15) is 0 Å². The molecule has 1 aromatic carbocycles. The zero-order chi connectivity index (χ0) is 13.2. The van der Waals surface area contributed by atoms with Crippen LogP contribution in [0.5, 0.6) is 5.75 Å². The van der Waals surface area contributed by atoms with Crippen LogP contribution in [0.2, 0.25) is 5.02 Å². The normalized spacial score (nSPS) is 18.4. The molecule has 1 aromatic rings. The second-order valence-electron chi connectivity index (χ2n) is 4.99. The molecule has 3 nitrogen and oxygen atoms in total. The Morgan fingerprint density at radius 2 is 2.22 bits per heavy atom. The van der Waals surface area contributed by atoms with Crippen LogP contribution in [0.1, 0.15) is 31.4 Å². The number of hydrogen-bond acceptors (Lipinski definition) is 3. The van der Waals surface area contributed by atoms with Crippen molar-refractivity contribution in [3.8, 4) is 5.75 Å². The van der Waals surface area contributed by atoms with Crippen LogP contribution in [0.4, 0.5) is 0 Å². The molecule has 1 aliphatic carbocycles. The lowest BCUT2D eigenvalue weighted by atomic mass is 9.90. The number of nitrogens with one attached hydrogen (secondary N) is 1. The number of nitrogens with two attached hydrogens (primary N) is 1. The smallest absolute Gasteiger partial charge is 0.137 e. The Bertz CT molecular complexity index is 418. The monoisotopic (exact) mass is 268 g/mol. The first-order chi connectivity index (χ1) is 8.63. The Labute approximate surface area is 114 Å². The Morgan fingerprint density at radius 3 is 2.72 bits per heavy atom. The summed E-state index contributed by atoms with van der Waals surface area (Å²) in [6.07, 6.45) is 2.36. The van der Waals surface area contributed by atoms with Gasteiger partial charge in [-0.15, -0.1) is 0 Å². The SMILES string of the molecule is CCOc1ccc(C(N)C2(CNC)CC2)cc1Cl. The molecule has 0 saturated heterocycles. The largest absolute Gasteiger partial charge is 0.492 e. The highest BCUT2D eigenvalue weighted by molar-refractivity contribution is 6.32. The van der Waals surface area contributed by atoms with Gasteiger partial charge >= 0.3 is 0 Å². The highest BCUT2D eigenvalue weighted by atomic mass is 35.5. The van der Waals surface area contributed by atoms with Gasteiger partial charge in [-0.25, -0.2) is 0 Å². The fraction of sp³-hybridized carbons (Fsp3) is 0.571. The molecule has 0 bridgehead atoms.